The first kappa shape index (κ1) is 16.3. The molecule has 7 heteroatoms. The zero-order valence-corrected chi connectivity index (χ0v) is 13.6. The fourth-order valence-corrected chi connectivity index (χ4v) is 2.91. The van der Waals surface area contributed by atoms with Crippen molar-refractivity contribution in [3.63, 3.8) is 0 Å². The molecule has 0 saturated heterocycles. The van der Waals surface area contributed by atoms with Crippen LogP contribution in [-0.2, 0) is 9.53 Å². The van der Waals surface area contributed by atoms with Crippen LogP contribution in [0.1, 0.15) is 29.0 Å². The van der Waals surface area contributed by atoms with Crippen molar-refractivity contribution in [3.8, 4) is 0 Å². The summed E-state index contributed by atoms with van der Waals surface area (Å²) in [5, 5.41) is 4.48. The highest BCUT2D eigenvalue weighted by Crippen LogP contribution is 2.33. The van der Waals surface area contributed by atoms with E-state index >= 15 is 0 Å². The van der Waals surface area contributed by atoms with Crippen LogP contribution >= 0.6 is 11.6 Å². The first-order chi connectivity index (χ1) is 11.6. The van der Waals surface area contributed by atoms with Gasteiger partial charge in [-0.1, -0.05) is 29.8 Å². The maximum atomic E-state index is 12.7. The molecular weight excluding hydrogens is 332 g/mol. The molecule has 6 nitrogen and oxygen atoms in total. The number of hydrogen-bond donors (Lipinski definition) is 1. The highest BCUT2D eigenvalue weighted by molar-refractivity contribution is 6.41. The minimum atomic E-state index is -0.796. The number of carbonyl (C=O) groups excluding carboxylic acids is 2. The van der Waals surface area contributed by atoms with Crippen molar-refractivity contribution in [1.29, 1.82) is 0 Å². The van der Waals surface area contributed by atoms with Gasteiger partial charge < -0.3 is 9.15 Å². The standard InChI is InChI=1S/C17H15ClN2O4/c1-2-23-17(22)15-13(10-6-3-4-7-11(10)18)14(19-20-15)16(21)12-8-5-9-24-12/h3-9,13-14,19H,2H2,1H3. The van der Waals surface area contributed by atoms with Crippen LogP contribution in [0.15, 0.2) is 52.2 Å². The number of ketones is 1. The minimum absolute atomic E-state index is 0.120. The van der Waals surface area contributed by atoms with E-state index in [1.165, 1.54) is 6.26 Å². The van der Waals surface area contributed by atoms with E-state index < -0.39 is 17.9 Å². The number of rotatable bonds is 5. The summed E-state index contributed by atoms with van der Waals surface area (Å²) in [5.41, 5.74) is 3.47. The fourth-order valence-electron chi connectivity index (χ4n) is 2.65. The number of nitrogens with one attached hydrogen (secondary N) is 1. The van der Waals surface area contributed by atoms with Crippen molar-refractivity contribution in [3.05, 3.63) is 59.0 Å². The summed E-state index contributed by atoms with van der Waals surface area (Å²) in [6.07, 6.45) is 1.42. The average Bonchev–Trinajstić information content (AvgIpc) is 3.25. The number of Topliss-reactive ketones (excluding diaryl/α,β-unsaturated/α-hetero) is 1. The number of ether oxygens (including phenoxy) is 1. The van der Waals surface area contributed by atoms with Gasteiger partial charge in [-0.15, -0.1) is 0 Å². The largest absolute Gasteiger partial charge is 0.461 e. The van der Waals surface area contributed by atoms with Crippen molar-refractivity contribution < 1.29 is 18.7 Å². The third-order valence-electron chi connectivity index (χ3n) is 3.72. The van der Waals surface area contributed by atoms with Crippen molar-refractivity contribution in [2.45, 2.75) is 18.9 Å². The molecular formula is C17H15ClN2O4. The summed E-state index contributed by atoms with van der Waals surface area (Å²) < 4.78 is 10.2. The van der Waals surface area contributed by atoms with Crippen molar-refractivity contribution in [1.82, 2.24) is 5.43 Å². The number of nitrogens with zero attached hydrogens (tertiary/aromatic N) is 1. The highest BCUT2D eigenvalue weighted by Gasteiger charge is 2.43. The number of hydrogen-bond acceptors (Lipinski definition) is 6. The molecule has 0 radical (unpaired) electrons. The Morgan fingerprint density at radius 2 is 2.08 bits per heavy atom. The Kier molecular flexibility index (Phi) is 4.66. The lowest BCUT2D eigenvalue weighted by atomic mass is 9.85. The number of furan rings is 1. The lowest BCUT2D eigenvalue weighted by molar-refractivity contribution is -0.135. The van der Waals surface area contributed by atoms with Crippen LogP contribution in [0.2, 0.25) is 5.02 Å². The van der Waals surface area contributed by atoms with Gasteiger partial charge in [0.2, 0.25) is 5.78 Å². The predicted octanol–water partition coefficient (Wildman–Crippen LogP) is 2.79. The van der Waals surface area contributed by atoms with Crippen molar-refractivity contribution in [2.24, 2.45) is 5.10 Å². The van der Waals surface area contributed by atoms with Crippen LogP contribution in [-0.4, -0.2) is 30.1 Å². The molecule has 1 aliphatic rings. The van der Waals surface area contributed by atoms with E-state index in [2.05, 4.69) is 10.5 Å². The van der Waals surface area contributed by atoms with Crippen LogP contribution in [0, 0.1) is 0 Å². The summed E-state index contributed by atoms with van der Waals surface area (Å²) in [6, 6.07) is 9.42. The zero-order valence-electron chi connectivity index (χ0n) is 12.9. The van der Waals surface area contributed by atoms with Gasteiger partial charge in [0.1, 0.15) is 6.04 Å². The second-order valence-corrected chi connectivity index (χ2v) is 5.57. The maximum absolute atomic E-state index is 12.7. The quantitative estimate of drug-likeness (QED) is 0.665. The van der Waals surface area contributed by atoms with E-state index in [9.17, 15) is 9.59 Å². The summed E-state index contributed by atoms with van der Waals surface area (Å²) >= 11 is 6.28. The molecule has 2 aromatic rings. The van der Waals surface area contributed by atoms with Gasteiger partial charge in [0.15, 0.2) is 11.5 Å². The molecule has 124 valence electrons. The Hall–Kier alpha value is -2.60. The Labute approximate surface area is 143 Å². The lowest BCUT2D eigenvalue weighted by Crippen LogP contribution is -2.37. The molecule has 24 heavy (non-hydrogen) atoms. The first-order valence-electron chi connectivity index (χ1n) is 7.45. The molecule has 0 saturated carbocycles. The van der Waals surface area contributed by atoms with Gasteiger partial charge in [0.05, 0.1) is 18.8 Å². The molecule has 0 fully saturated rings. The smallest absolute Gasteiger partial charge is 0.355 e. The molecule has 1 aromatic carbocycles. The third kappa shape index (κ3) is 2.92. The Balaban J connectivity index is 2.00. The van der Waals surface area contributed by atoms with Crippen LogP contribution in [0.25, 0.3) is 0 Å². The molecule has 0 amide bonds. The summed E-state index contributed by atoms with van der Waals surface area (Å²) in [5.74, 6) is -1.36. The van der Waals surface area contributed by atoms with E-state index in [1.807, 2.05) is 0 Å². The normalized spacial score (nSPS) is 19.5. The van der Waals surface area contributed by atoms with Crippen LogP contribution in [0.4, 0.5) is 0 Å². The molecule has 1 aliphatic heterocycles. The van der Waals surface area contributed by atoms with Crippen molar-refractivity contribution >= 4 is 29.1 Å². The summed E-state index contributed by atoms with van der Waals surface area (Å²) in [4.78, 5) is 24.9. The predicted molar refractivity (Wildman–Crippen MR) is 88.2 cm³/mol. The summed E-state index contributed by atoms with van der Waals surface area (Å²) in [7, 11) is 0. The fraction of sp³-hybridized carbons (Fsp3) is 0.235. The van der Waals surface area contributed by atoms with Crippen LogP contribution in [0.3, 0.4) is 0 Å². The Morgan fingerprint density at radius 1 is 1.29 bits per heavy atom. The minimum Gasteiger partial charge on any atom is -0.461 e. The molecule has 2 heterocycles. The van der Waals surface area contributed by atoms with Gasteiger partial charge in [-0.3, -0.25) is 10.2 Å². The van der Waals surface area contributed by atoms with E-state index in [1.54, 1.807) is 43.3 Å². The number of carbonyl (C=O) groups is 2. The molecule has 0 bridgehead atoms. The Bertz CT molecular complexity index is 786. The number of halogens is 1. The van der Waals surface area contributed by atoms with Gasteiger partial charge in [0, 0.05) is 5.02 Å². The maximum Gasteiger partial charge on any atom is 0.355 e. The van der Waals surface area contributed by atoms with Gasteiger partial charge in [-0.05, 0) is 30.7 Å². The van der Waals surface area contributed by atoms with Gasteiger partial charge in [0.25, 0.3) is 0 Å². The number of hydrazone groups is 1. The van der Waals surface area contributed by atoms with E-state index in [4.69, 9.17) is 20.8 Å². The van der Waals surface area contributed by atoms with E-state index in [0.29, 0.717) is 10.6 Å². The molecule has 0 aliphatic carbocycles. The molecule has 2 atom stereocenters. The first-order valence-corrected chi connectivity index (χ1v) is 7.83. The second kappa shape index (κ2) is 6.88. The monoisotopic (exact) mass is 346 g/mol. The SMILES string of the molecule is CCOC(=O)C1=NNC(C(=O)c2ccco2)C1c1ccccc1Cl. The topological polar surface area (TPSA) is 80.9 Å². The number of esters is 1. The van der Waals surface area contributed by atoms with E-state index in [-0.39, 0.29) is 23.9 Å². The molecule has 1 N–H and O–H groups in total. The van der Waals surface area contributed by atoms with Gasteiger partial charge in [-0.25, -0.2) is 4.79 Å². The zero-order chi connectivity index (χ0) is 17.1. The average molecular weight is 347 g/mol. The van der Waals surface area contributed by atoms with Gasteiger partial charge in [-0.2, -0.15) is 5.10 Å². The van der Waals surface area contributed by atoms with Crippen molar-refractivity contribution in [2.75, 3.05) is 6.61 Å². The second-order valence-electron chi connectivity index (χ2n) is 5.17. The highest BCUT2D eigenvalue weighted by atomic mass is 35.5. The molecule has 1 aromatic heterocycles. The molecule has 2 unspecified atom stereocenters. The molecule has 0 spiro atoms. The van der Waals surface area contributed by atoms with Gasteiger partial charge >= 0.3 is 5.97 Å². The molecule has 3 rings (SSSR count). The number of benzene rings is 1. The van der Waals surface area contributed by atoms with E-state index in [0.717, 1.165) is 0 Å². The lowest BCUT2D eigenvalue weighted by Gasteiger charge is -2.19. The Morgan fingerprint density at radius 3 is 2.75 bits per heavy atom. The van der Waals surface area contributed by atoms with Crippen LogP contribution < -0.4 is 5.43 Å². The van der Waals surface area contributed by atoms with Crippen LogP contribution in [0.5, 0.6) is 0 Å². The third-order valence-corrected chi connectivity index (χ3v) is 4.07. The summed E-state index contributed by atoms with van der Waals surface area (Å²) in [6.45, 7) is 1.92.